The van der Waals surface area contributed by atoms with Crippen molar-refractivity contribution in [3.63, 3.8) is 0 Å². The van der Waals surface area contributed by atoms with E-state index in [1.54, 1.807) is 0 Å². The first-order chi connectivity index (χ1) is 16.1. The topological polar surface area (TPSA) is 135 Å². The van der Waals surface area contributed by atoms with Gasteiger partial charge in [-0.3, -0.25) is 4.79 Å². The highest BCUT2D eigenvalue weighted by molar-refractivity contribution is 5.95. The summed E-state index contributed by atoms with van der Waals surface area (Å²) in [4.78, 5) is 39.1. The standard InChI is InChI=1S/C21H21F3N4O6/c1-33-19(30)15(4-2-3-6-25-20(31)32)27-18(29)16-10-28-9-13(12-5-7-34-11-12)8-14(17(28)26-16)21(22,23)24/h5,7-11,15,25H,2-4,6H2,1H3,(H,27,29)(H,31,32). The van der Waals surface area contributed by atoms with Crippen molar-refractivity contribution in [2.75, 3.05) is 13.7 Å². The number of fused-ring (bicyclic) bond motifs is 1. The van der Waals surface area contributed by atoms with Gasteiger partial charge in [0.15, 0.2) is 0 Å². The number of rotatable bonds is 9. The second-order valence-corrected chi connectivity index (χ2v) is 7.29. The highest BCUT2D eigenvalue weighted by Gasteiger charge is 2.35. The van der Waals surface area contributed by atoms with Crippen molar-refractivity contribution in [2.24, 2.45) is 0 Å². The van der Waals surface area contributed by atoms with Crippen molar-refractivity contribution in [1.82, 2.24) is 20.0 Å². The van der Waals surface area contributed by atoms with E-state index < -0.39 is 41.4 Å². The Bertz CT molecular complexity index is 1170. The Hall–Kier alpha value is -4.03. The first-order valence-corrected chi connectivity index (χ1v) is 10.1. The van der Waals surface area contributed by atoms with Gasteiger partial charge in [-0.2, -0.15) is 13.2 Å². The van der Waals surface area contributed by atoms with Crippen LogP contribution in [0.3, 0.4) is 0 Å². The lowest BCUT2D eigenvalue weighted by molar-refractivity contribution is -0.143. The van der Waals surface area contributed by atoms with Crippen molar-refractivity contribution in [1.29, 1.82) is 0 Å². The molecule has 182 valence electrons. The molecular weight excluding hydrogens is 461 g/mol. The second-order valence-electron chi connectivity index (χ2n) is 7.29. The molecule has 3 heterocycles. The minimum absolute atomic E-state index is 0.130. The zero-order valence-corrected chi connectivity index (χ0v) is 17.9. The molecular formula is C21H21F3N4O6. The Labute approximate surface area is 190 Å². The number of unbranched alkanes of at least 4 members (excludes halogenated alkanes) is 1. The van der Waals surface area contributed by atoms with Crippen LogP contribution in [0.4, 0.5) is 18.0 Å². The molecule has 0 aliphatic heterocycles. The Morgan fingerprint density at radius 3 is 2.62 bits per heavy atom. The van der Waals surface area contributed by atoms with Gasteiger partial charge in [-0.1, -0.05) is 0 Å². The van der Waals surface area contributed by atoms with E-state index in [2.05, 4.69) is 20.4 Å². The summed E-state index contributed by atoms with van der Waals surface area (Å²) in [5.41, 5.74) is -1.22. The lowest BCUT2D eigenvalue weighted by Gasteiger charge is -2.15. The number of halogens is 3. The van der Waals surface area contributed by atoms with Crippen LogP contribution < -0.4 is 10.6 Å². The van der Waals surface area contributed by atoms with Crippen molar-refractivity contribution in [3.05, 3.63) is 48.3 Å². The van der Waals surface area contributed by atoms with Gasteiger partial charge in [0, 0.05) is 30.1 Å². The molecule has 0 bridgehead atoms. The van der Waals surface area contributed by atoms with Gasteiger partial charge in [-0.25, -0.2) is 14.6 Å². The Balaban J connectivity index is 1.83. The third-order valence-corrected chi connectivity index (χ3v) is 4.93. The summed E-state index contributed by atoms with van der Waals surface area (Å²) in [5.74, 6) is -1.61. The molecule has 3 aromatic heterocycles. The van der Waals surface area contributed by atoms with Crippen molar-refractivity contribution >= 4 is 23.6 Å². The lowest BCUT2D eigenvalue weighted by atomic mass is 10.1. The summed E-state index contributed by atoms with van der Waals surface area (Å²) in [7, 11) is 1.13. The summed E-state index contributed by atoms with van der Waals surface area (Å²) >= 11 is 0. The predicted molar refractivity (Wildman–Crippen MR) is 111 cm³/mol. The molecule has 0 saturated heterocycles. The molecule has 0 aliphatic rings. The number of methoxy groups -OCH3 is 1. The molecule has 0 fully saturated rings. The van der Waals surface area contributed by atoms with Gasteiger partial charge >= 0.3 is 18.2 Å². The van der Waals surface area contributed by atoms with E-state index in [0.717, 1.165) is 23.8 Å². The van der Waals surface area contributed by atoms with Gasteiger partial charge in [-0.05, 0) is 31.4 Å². The third-order valence-electron chi connectivity index (χ3n) is 4.93. The molecule has 0 aromatic carbocycles. The number of hydrogen-bond acceptors (Lipinski definition) is 6. The summed E-state index contributed by atoms with van der Waals surface area (Å²) in [6, 6.07) is 1.33. The molecule has 1 atom stereocenters. The fourth-order valence-corrected chi connectivity index (χ4v) is 3.30. The van der Waals surface area contributed by atoms with Crippen LogP contribution >= 0.6 is 0 Å². The average molecular weight is 482 g/mol. The van der Waals surface area contributed by atoms with Gasteiger partial charge in [0.05, 0.1) is 25.2 Å². The molecule has 0 aliphatic carbocycles. The maximum absolute atomic E-state index is 13.7. The number of carbonyl (C=O) groups is 3. The van der Waals surface area contributed by atoms with Crippen LogP contribution in [0.5, 0.6) is 0 Å². The minimum atomic E-state index is -4.74. The van der Waals surface area contributed by atoms with E-state index in [4.69, 9.17) is 9.52 Å². The molecule has 1 unspecified atom stereocenters. The molecule has 0 saturated carbocycles. The molecule has 13 heteroatoms. The fraction of sp³-hybridized carbons (Fsp3) is 0.333. The molecule has 10 nitrogen and oxygen atoms in total. The Morgan fingerprint density at radius 1 is 1.24 bits per heavy atom. The highest BCUT2D eigenvalue weighted by Crippen LogP contribution is 2.35. The van der Waals surface area contributed by atoms with E-state index in [9.17, 15) is 27.6 Å². The van der Waals surface area contributed by atoms with Crippen molar-refractivity contribution < 1.29 is 41.8 Å². The number of esters is 1. The number of carbonyl (C=O) groups excluding carboxylic acids is 2. The number of aromatic nitrogens is 2. The minimum Gasteiger partial charge on any atom is -0.472 e. The fourth-order valence-electron chi connectivity index (χ4n) is 3.30. The van der Waals surface area contributed by atoms with E-state index in [1.807, 2.05) is 0 Å². The van der Waals surface area contributed by atoms with Crippen LogP contribution in [-0.4, -0.2) is 52.2 Å². The van der Waals surface area contributed by atoms with E-state index in [-0.39, 0.29) is 24.2 Å². The average Bonchev–Trinajstić information content (AvgIpc) is 3.45. The maximum Gasteiger partial charge on any atom is 0.420 e. The summed E-state index contributed by atoms with van der Waals surface area (Å²) in [5, 5.41) is 13.2. The quantitative estimate of drug-likeness (QED) is 0.315. The number of pyridine rings is 1. The normalized spacial score (nSPS) is 12.4. The molecule has 34 heavy (non-hydrogen) atoms. The van der Waals surface area contributed by atoms with Gasteiger partial charge < -0.3 is 29.3 Å². The van der Waals surface area contributed by atoms with Crippen molar-refractivity contribution in [2.45, 2.75) is 31.5 Å². The van der Waals surface area contributed by atoms with Crippen LogP contribution in [0, 0.1) is 0 Å². The van der Waals surface area contributed by atoms with Crippen LogP contribution in [0.15, 0.2) is 41.5 Å². The number of carboxylic acid groups (broad SMARTS) is 1. The molecule has 0 radical (unpaired) electrons. The predicted octanol–water partition coefficient (Wildman–Crippen LogP) is 3.32. The molecule has 2 amide bonds. The van der Waals surface area contributed by atoms with Gasteiger partial charge in [0.25, 0.3) is 5.91 Å². The zero-order chi connectivity index (χ0) is 24.9. The SMILES string of the molecule is COC(=O)C(CCCCNC(=O)O)NC(=O)c1cn2cc(-c3ccoc3)cc(C(F)(F)F)c2n1. The number of hydrogen-bond donors (Lipinski definition) is 3. The second kappa shape index (κ2) is 10.3. The van der Waals surface area contributed by atoms with E-state index in [1.165, 1.54) is 24.8 Å². The zero-order valence-electron chi connectivity index (χ0n) is 17.9. The number of amides is 2. The van der Waals surface area contributed by atoms with Crippen LogP contribution in [-0.2, 0) is 15.7 Å². The first kappa shape index (κ1) is 24.6. The number of nitrogens with zero attached hydrogens (tertiary/aromatic N) is 2. The van der Waals surface area contributed by atoms with Crippen molar-refractivity contribution in [3.8, 4) is 11.1 Å². The number of imidazole rings is 1. The molecule has 0 spiro atoms. The number of nitrogens with one attached hydrogen (secondary N) is 2. The lowest BCUT2D eigenvalue weighted by Crippen LogP contribution is -2.41. The Morgan fingerprint density at radius 2 is 2.00 bits per heavy atom. The molecule has 3 rings (SSSR count). The number of alkyl halides is 3. The van der Waals surface area contributed by atoms with E-state index >= 15 is 0 Å². The third kappa shape index (κ3) is 5.85. The summed E-state index contributed by atoms with van der Waals surface area (Å²) in [6.07, 6.45) is 0.112. The summed E-state index contributed by atoms with van der Waals surface area (Å²) in [6.45, 7) is 0.156. The Kier molecular flexibility index (Phi) is 7.44. The monoisotopic (exact) mass is 482 g/mol. The molecule has 3 aromatic rings. The van der Waals surface area contributed by atoms with Gasteiger partial charge in [0.1, 0.15) is 17.4 Å². The highest BCUT2D eigenvalue weighted by atomic mass is 19.4. The van der Waals surface area contributed by atoms with Crippen LogP contribution in [0.2, 0.25) is 0 Å². The number of furan rings is 1. The van der Waals surface area contributed by atoms with Crippen LogP contribution in [0.1, 0.15) is 35.3 Å². The molecule has 3 N–H and O–H groups in total. The van der Waals surface area contributed by atoms with Gasteiger partial charge in [0.2, 0.25) is 0 Å². The maximum atomic E-state index is 13.7. The van der Waals surface area contributed by atoms with Crippen LogP contribution in [0.25, 0.3) is 16.8 Å². The largest absolute Gasteiger partial charge is 0.472 e. The summed E-state index contributed by atoms with van der Waals surface area (Å²) < 4.78 is 51.8. The van der Waals surface area contributed by atoms with Gasteiger partial charge in [-0.15, -0.1) is 0 Å². The smallest absolute Gasteiger partial charge is 0.420 e. The number of ether oxygens (including phenoxy) is 1. The first-order valence-electron chi connectivity index (χ1n) is 10.1. The van der Waals surface area contributed by atoms with E-state index in [0.29, 0.717) is 18.4 Å².